The van der Waals surface area contributed by atoms with E-state index < -0.39 is 6.09 Å². The average Bonchev–Trinajstić information content (AvgIpc) is 2.76. The summed E-state index contributed by atoms with van der Waals surface area (Å²) in [5.74, 6) is -0.305. The number of benzodiazepines with no additional fused rings is 1. The van der Waals surface area contributed by atoms with Crippen LogP contribution in [0, 0.1) is 0 Å². The molecule has 140 valence electrons. The Labute approximate surface area is 166 Å². The second-order valence-electron chi connectivity index (χ2n) is 5.91. The highest BCUT2D eigenvalue weighted by Gasteiger charge is 2.28. The van der Waals surface area contributed by atoms with Crippen molar-refractivity contribution in [1.82, 2.24) is 4.90 Å². The molecule has 1 aliphatic heterocycles. The molecule has 8 heteroatoms. The first-order chi connectivity index (χ1) is 12.9. The Hall–Kier alpha value is -2.57. The Bertz CT molecular complexity index is 930. The van der Waals surface area contributed by atoms with Gasteiger partial charge in [0.1, 0.15) is 13.2 Å². The summed E-state index contributed by atoms with van der Waals surface area (Å²) in [6.07, 6.45) is -1.10. The molecule has 1 heterocycles. The quantitative estimate of drug-likeness (QED) is 0.830. The van der Waals surface area contributed by atoms with E-state index in [4.69, 9.17) is 23.2 Å². The minimum atomic E-state index is -1.10. The van der Waals surface area contributed by atoms with E-state index in [1.807, 2.05) is 18.2 Å². The second-order valence-corrected chi connectivity index (χ2v) is 6.75. The van der Waals surface area contributed by atoms with Crippen LogP contribution >= 0.6 is 23.2 Å². The first-order valence-electron chi connectivity index (χ1n) is 8.30. The first-order valence-corrected chi connectivity index (χ1v) is 9.05. The Morgan fingerprint density at radius 1 is 1.22 bits per heavy atom. The van der Waals surface area contributed by atoms with Crippen LogP contribution in [0.2, 0.25) is 10.0 Å². The van der Waals surface area contributed by atoms with E-state index >= 15 is 0 Å². The normalized spacial score (nSPS) is 13.7. The number of carbonyl (C=O) groups is 2. The van der Waals surface area contributed by atoms with E-state index in [1.54, 1.807) is 31.2 Å². The minimum Gasteiger partial charge on any atom is -0.465 e. The molecule has 0 unspecified atom stereocenters. The van der Waals surface area contributed by atoms with Gasteiger partial charge in [0.25, 0.3) is 0 Å². The van der Waals surface area contributed by atoms with E-state index in [0.29, 0.717) is 32.6 Å². The molecule has 0 aromatic heterocycles. The summed E-state index contributed by atoms with van der Waals surface area (Å²) in [5, 5.41) is 10.3. The van der Waals surface area contributed by atoms with E-state index in [-0.39, 0.29) is 25.7 Å². The molecule has 2 aromatic rings. The largest absolute Gasteiger partial charge is 0.465 e. The standard InChI is InChI=1S/C19H17Cl2N3O3/c1-2-23(19(26)27)11-24-16-8-7-12(20)9-14(16)18(22-10-17(24)25)13-5-3-4-6-15(13)21/h3-9H,2,10-11H2,1H3,(H,26,27). The summed E-state index contributed by atoms with van der Waals surface area (Å²) in [7, 11) is 0. The van der Waals surface area contributed by atoms with Crippen LogP contribution in [0.3, 0.4) is 0 Å². The fraction of sp³-hybridized carbons (Fsp3) is 0.211. The molecular weight excluding hydrogens is 389 g/mol. The highest BCUT2D eigenvalue weighted by molar-refractivity contribution is 6.37. The number of halogens is 2. The van der Waals surface area contributed by atoms with E-state index in [9.17, 15) is 14.7 Å². The van der Waals surface area contributed by atoms with Crippen molar-refractivity contribution >= 4 is 46.6 Å². The van der Waals surface area contributed by atoms with Gasteiger partial charge in [0.05, 0.1) is 11.4 Å². The van der Waals surface area contributed by atoms with Crippen molar-refractivity contribution in [3.63, 3.8) is 0 Å². The van der Waals surface area contributed by atoms with Crippen molar-refractivity contribution in [3.05, 3.63) is 63.6 Å². The molecule has 0 radical (unpaired) electrons. The third-order valence-electron chi connectivity index (χ3n) is 4.27. The fourth-order valence-electron chi connectivity index (χ4n) is 2.89. The smallest absolute Gasteiger partial charge is 0.408 e. The van der Waals surface area contributed by atoms with Gasteiger partial charge < -0.3 is 5.11 Å². The van der Waals surface area contributed by atoms with E-state index in [2.05, 4.69) is 4.99 Å². The van der Waals surface area contributed by atoms with Crippen molar-refractivity contribution in [1.29, 1.82) is 0 Å². The summed E-state index contributed by atoms with van der Waals surface area (Å²) in [6, 6.07) is 12.3. The van der Waals surface area contributed by atoms with Crippen LogP contribution < -0.4 is 4.90 Å². The van der Waals surface area contributed by atoms with Gasteiger partial charge in [-0.25, -0.2) is 4.79 Å². The maximum absolute atomic E-state index is 12.7. The summed E-state index contributed by atoms with van der Waals surface area (Å²) in [4.78, 5) is 31.2. The van der Waals surface area contributed by atoms with Crippen molar-refractivity contribution in [2.75, 3.05) is 24.7 Å². The molecule has 3 rings (SSSR count). The zero-order valence-electron chi connectivity index (χ0n) is 14.5. The molecule has 0 fully saturated rings. The Morgan fingerprint density at radius 3 is 2.63 bits per heavy atom. The van der Waals surface area contributed by atoms with Gasteiger partial charge in [-0.1, -0.05) is 41.4 Å². The fourth-order valence-corrected chi connectivity index (χ4v) is 3.29. The maximum Gasteiger partial charge on any atom is 0.408 e. The van der Waals surface area contributed by atoms with E-state index in [0.717, 1.165) is 4.90 Å². The van der Waals surface area contributed by atoms with Crippen molar-refractivity contribution in [2.45, 2.75) is 6.92 Å². The molecule has 2 amide bonds. The van der Waals surface area contributed by atoms with Gasteiger partial charge in [0.15, 0.2) is 0 Å². The molecule has 1 N–H and O–H groups in total. The Balaban J connectivity index is 2.14. The number of aliphatic imine (C=N–C) groups is 1. The van der Waals surface area contributed by atoms with Crippen molar-refractivity contribution in [3.8, 4) is 0 Å². The summed E-state index contributed by atoms with van der Waals surface area (Å²) in [6.45, 7) is 1.75. The number of fused-ring (bicyclic) bond motifs is 1. The highest BCUT2D eigenvalue weighted by Crippen LogP contribution is 2.31. The first kappa shape index (κ1) is 19.2. The lowest BCUT2D eigenvalue weighted by atomic mass is 10.00. The summed E-state index contributed by atoms with van der Waals surface area (Å²) in [5.41, 5.74) is 2.40. The predicted octanol–water partition coefficient (Wildman–Crippen LogP) is 4.13. The molecule has 1 aliphatic rings. The molecule has 0 atom stereocenters. The van der Waals surface area contributed by atoms with Crippen molar-refractivity contribution in [2.24, 2.45) is 4.99 Å². The molecule has 0 saturated carbocycles. The van der Waals surface area contributed by atoms with Crippen LogP contribution in [-0.2, 0) is 4.79 Å². The van der Waals surface area contributed by atoms with Gasteiger partial charge in [-0.15, -0.1) is 0 Å². The lowest BCUT2D eigenvalue weighted by Crippen LogP contribution is -2.44. The molecule has 0 aliphatic carbocycles. The van der Waals surface area contributed by atoms with Gasteiger partial charge in [-0.2, -0.15) is 0 Å². The topological polar surface area (TPSA) is 73.2 Å². The van der Waals surface area contributed by atoms with Gasteiger partial charge >= 0.3 is 6.09 Å². The number of hydrogen-bond donors (Lipinski definition) is 1. The Kier molecular flexibility index (Phi) is 5.68. The number of amides is 2. The number of rotatable bonds is 4. The SMILES string of the molecule is CCN(CN1C(=O)CN=C(c2ccccc2Cl)c2cc(Cl)ccc21)C(=O)O. The van der Waals surface area contributed by atoms with Crippen LogP contribution in [-0.4, -0.2) is 47.5 Å². The predicted molar refractivity (Wildman–Crippen MR) is 106 cm³/mol. The lowest BCUT2D eigenvalue weighted by molar-refractivity contribution is -0.117. The third kappa shape index (κ3) is 3.91. The average molecular weight is 406 g/mol. The van der Waals surface area contributed by atoms with Crippen molar-refractivity contribution < 1.29 is 14.7 Å². The molecule has 0 spiro atoms. The number of nitrogens with zero attached hydrogens (tertiary/aromatic N) is 3. The molecule has 2 aromatic carbocycles. The van der Waals surface area contributed by atoms with Gasteiger partial charge in [-0.05, 0) is 31.2 Å². The minimum absolute atomic E-state index is 0.0926. The lowest BCUT2D eigenvalue weighted by Gasteiger charge is -2.28. The summed E-state index contributed by atoms with van der Waals surface area (Å²) < 4.78 is 0. The highest BCUT2D eigenvalue weighted by atomic mass is 35.5. The molecule has 6 nitrogen and oxygen atoms in total. The number of carbonyl (C=O) groups excluding carboxylic acids is 1. The number of hydrogen-bond acceptors (Lipinski definition) is 3. The monoisotopic (exact) mass is 405 g/mol. The Morgan fingerprint density at radius 2 is 1.96 bits per heavy atom. The molecule has 0 saturated heterocycles. The maximum atomic E-state index is 12.7. The van der Waals surface area contributed by atoms with Gasteiger partial charge in [0, 0.05) is 27.7 Å². The molecular formula is C19H17Cl2N3O3. The third-order valence-corrected chi connectivity index (χ3v) is 4.84. The van der Waals surface area contributed by atoms with Gasteiger partial charge in [-0.3, -0.25) is 19.6 Å². The van der Waals surface area contributed by atoms with E-state index in [1.165, 1.54) is 4.90 Å². The number of carboxylic acid groups (broad SMARTS) is 1. The zero-order chi connectivity index (χ0) is 19.6. The van der Waals surface area contributed by atoms with Crippen LogP contribution in [0.4, 0.5) is 10.5 Å². The zero-order valence-corrected chi connectivity index (χ0v) is 16.0. The molecule has 27 heavy (non-hydrogen) atoms. The van der Waals surface area contributed by atoms with Crippen LogP contribution in [0.1, 0.15) is 18.1 Å². The second kappa shape index (κ2) is 7.98. The van der Waals surface area contributed by atoms with Crippen LogP contribution in [0.5, 0.6) is 0 Å². The molecule has 0 bridgehead atoms. The van der Waals surface area contributed by atoms with Crippen LogP contribution in [0.15, 0.2) is 47.5 Å². The van der Waals surface area contributed by atoms with Crippen LogP contribution in [0.25, 0.3) is 0 Å². The van der Waals surface area contributed by atoms with Gasteiger partial charge in [0.2, 0.25) is 5.91 Å². The number of benzene rings is 2. The number of anilines is 1. The summed E-state index contributed by atoms with van der Waals surface area (Å²) >= 11 is 12.5.